The van der Waals surface area contributed by atoms with Gasteiger partial charge < -0.3 is 10.2 Å². The van der Waals surface area contributed by atoms with Gasteiger partial charge in [-0.15, -0.1) is 0 Å². The van der Waals surface area contributed by atoms with Gasteiger partial charge in [0.05, 0.1) is 0 Å². The summed E-state index contributed by atoms with van der Waals surface area (Å²) < 4.78 is 0. The zero-order valence-corrected chi connectivity index (χ0v) is 13.7. The SMILES string of the molecule is CCC(C)N(C)CCNC(C)c1cc(Cl)ccc1Cl. The summed E-state index contributed by atoms with van der Waals surface area (Å²) in [5.41, 5.74) is 1.06. The van der Waals surface area contributed by atoms with Crippen molar-refractivity contribution in [2.24, 2.45) is 0 Å². The molecule has 19 heavy (non-hydrogen) atoms. The van der Waals surface area contributed by atoms with Gasteiger partial charge in [-0.1, -0.05) is 30.1 Å². The predicted octanol–water partition coefficient (Wildman–Crippen LogP) is 4.37. The van der Waals surface area contributed by atoms with Crippen molar-refractivity contribution >= 4 is 23.2 Å². The Kier molecular flexibility index (Phi) is 7.16. The summed E-state index contributed by atoms with van der Waals surface area (Å²) in [6, 6.07) is 6.42. The second-order valence-electron chi connectivity index (χ2n) is 5.08. The van der Waals surface area contributed by atoms with E-state index in [2.05, 4.69) is 38.0 Å². The van der Waals surface area contributed by atoms with Gasteiger partial charge >= 0.3 is 0 Å². The van der Waals surface area contributed by atoms with Crippen LogP contribution in [0, 0.1) is 0 Å². The topological polar surface area (TPSA) is 15.3 Å². The first-order valence-electron chi connectivity index (χ1n) is 6.84. The number of halogens is 2. The van der Waals surface area contributed by atoms with E-state index in [0.29, 0.717) is 6.04 Å². The number of hydrogen-bond acceptors (Lipinski definition) is 2. The highest BCUT2D eigenvalue weighted by Gasteiger charge is 2.11. The second kappa shape index (κ2) is 8.11. The Labute approximate surface area is 127 Å². The molecule has 1 aromatic rings. The summed E-state index contributed by atoms with van der Waals surface area (Å²) in [5.74, 6) is 0. The number of likely N-dealkylation sites (N-methyl/N-ethyl adjacent to an activating group) is 1. The van der Waals surface area contributed by atoms with Crippen LogP contribution in [0.1, 0.15) is 38.8 Å². The van der Waals surface area contributed by atoms with Crippen molar-refractivity contribution in [3.63, 3.8) is 0 Å². The van der Waals surface area contributed by atoms with Crippen molar-refractivity contribution in [1.82, 2.24) is 10.2 Å². The number of nitrogens with zero attached hydrogens (tertiary/aromatic N) is 1. The summed E-state index contributed by atoms with van der Waals surface area (Å²) in [5, 5.41) is 4.98. The molecule has 0 radical (unpaired) electrons. The predicted molar refractivity (Wildman–Crippen MR) is 85.3 cm³/mol. The Morgan fingerprint density at radius 3 is 2.58 bits per heavy atom. The number of hydrogen-bond donors (Lipinski definition) is 1. The second-order valence-corrected chi connectivity index (χ2v) is 5.92. The maximum absolute atomic E-state index is 6.20. The van der Waals surface area contributed by atoms with Crippen molar-refractivity contribution in [1.29, 1.82) is 0 Å². The molecule has 0 saturated carbocycles. The highest BCUT2D eigenvalue weighted by atomic mass is 35.5. The Morgan fingerprint density at radius 2 is 1.95 bits per heavy atom. The molecule has 0 aliphatic carbocycles. The standard InChI is InChI=1S/C15H24Cl2N2/c1-5-11(2)19(4)9-8-18-12(3)14-10-13(16)6-7-15(14)17/h6-7,10-12,18H,5,8-9H2,1-4H3. The molecule has 0 heterocycles. The van der Waals surface area contributed by atoms with Crippen LogP contribution in [-0.4, -0.2) is 31.1 Å². The molecular formula is C15H24Cl2N2. The highest BCUT2D eigenvalue weighted by Crippen LogP contribution is 2.25. The lowest BCUT2D eigenvalue weighted by Gasteiger charge is -2.25. The molecule has 0 fully saturated rings. The molecule has 1 rings (SSSR count). The Hall–Kier alpha value is -0.280. The summed E-state index contributed by atoms with van der Waals surface area (Å²) >= 11 is 12.2. The third-order valence-corrected chi connectivity index (χ3v) is 4.26. The van der Waals surface area contributed by atoms with E-state index in [1.807, 2.05) is 18.2 Å². The molecule has 108 valence electrons. The number of nitrogens with one attached hydrogen (secondary N) is 1. The summed E-state index contributed by atoms with van der Waals surface area (Å²) in [7, 11) is 2.16. The first kappa shape index (κ1) is 16.8. The monoisotopic (exact) mass is 302 g/mol. The van der Waals surface area contributed by atoms with Crippen molar-refractivity contribution in [3.8, 4) is 0 Å². The lowest BCUT2D eigenvalue weighted by Crippen LogP contribution is -2.35. The molecule has 2 unspecified atom stereocenters. The van der Waals surface area contributed by atoms with Gasteiger partial charge in [-0.3, -0.25) is 0 Å². The minimum absolute atomic E-state index is 0.205. The van der Waals surface area contributed by atoms with Crippen LogP contribution < -0.4 is 5.32 Å². The van der Waals surface area contributed by atoms with E-state index in [4.69, 9.17) is 23.2 Å². The lowest BCUT2D eigenvalue weighted by atomic mass is 10.1. The van der Waals surface area contributed by atoms with Gasteiger partial charge in [0.1, 0.15) is 0 Å². The first-order chi connectivity index (χ1) is 8.95. The van der Waals surface area contributed by atoms with E-state index in [1.165, 1.54) is 6.42 Å². The van der Waals surface area contributed by atoms with Crippen molar-refractivity contribution in [3.05, 3.63) is 33.8 Å². The molecule has 1 aromatic carbocycles. The summed E-state index contributed by atoms with van der Waals surface area (Å²) in [4.78, 5) is 2.36. The van der Waals surface area contributed by atoms with Crippen LogP contribution >= 0.6 is 23.2 Å². The van der Waals surface area contributed by atoms with Crippen LogP contribution in [0.15, 0.2) is 18.2 Å². The molecule has 0 aliphatic heterocycles. The quantitative estimate of drug-likeness (QED) is 0.804. The van der Waals surface area contributed by atoms with Crippen LogP contribution in [0.2, 0.25) is 10.0 Å². The van der Waals surface area contributed by atoms with Crippen LogP contribution in [0.25, 0.3) is 0 Å². The average Bonchev–Trinajstić information content (AvgIpc) is 2.40. The molecule has 0 amide bonds. The maximum Gasteiger partial charge on any atom is 0.0454 e. The molecule has 0 saturated heterocycles. The van der Waals surface area contributed by atoms with Gasteiger partial charge in [0.15, 0.2) is 0 Å². The summed E-state index contributed by atoms with van der Waals surface area (Å²) in [6.45, 7) is 8.53. The molecule has 4 heteroatoms. The zero-order valence-electron chi connectivity index (χ0n) is 12.2. The minimum Gasteiger partial charge on any atom is -0.309 e. The van der Waals surface area contributed by atoms with E-state index >= 15 is 0 Å². The van der Waals surface area contributed by atoms with E-state index in [9.17, 15) is 0 Å². The molecule has 0 aliphatic rings. The number of rotatable bonds is 7. The van der Waals surface area contributed by atoms with Crippen LogP contribution in [0.3, 0.4) is 0 Å². The number of benzene rings is 1. The van der Waals surface area contributed by atoms with Crippen LogP contribution in [-0.2, 0) is 0 Å². The molecule has 0 spiro atoms. The van der Waals surface area contributed by atoms with E-state index in [1.54, 1.807) is 0 Å². The van der Waals surface area contributed by atoms with Crippen molar-refractivity contribution < 1.29 is 0 Å². The Balaban J connectivity index is 2.47. The fourth-order valence-electron chi connectivity index (χ4n) is 1.95. The third-order valence-electron chi connectivity index (χ3n) is 3.68. The molecule has 2 atom stereocenters. The Bertz CT molecular complexity index is 396. The van der Waals surface area contributed by atoms with Crippen LogP contribution in [0.5, 0.6) is 0 Å². The Morgan fingerprint density at radius 1 is 1.26 bits per heavy atom. The minimum atomic E-state index is 0.205. The van der Waals surface area contributed by atoms with Gasteiger partial charge in [-0.05, 0) is 51.1 Å². The lowest BCUT2D eigenvalue weighted by molar-refractivity contribution is 0.249. The smallest absolute Gasteiger partial charge is 0.0454 e. The van der Waals surface area contributed by atoms with Crippen molar-refractivity contribution in [2.45, 2.75) is 39.3 Å². The molecular weight excluding hydrogens is 279 g/mol. The summed E-state index contributed by atoms with van der Waals surface area (Å²) in [6.07, 6.45) is 1.17. The fourth-order valence-corrected chi connectivity index (χ4v) is 2.41. The average molecular weight is 303 g/mol. The molecule has 2 nitrogen and oxygen atoms in total. The maximum atomic E-state index is 6.20. The van der Waals surface area contributed by atoms with Gasteiger partial charge in [0.2, 0.25) is 0 Å². The zero-order chi connectivity index (χ0) is 14.4. The highest BCUT2D eigenvalue weighted by molar-refractivity contribution is 6.33. The molecule has 0 bridgehead atoms. The normalized spacial score (nSPS) is 14.7. The van der Waals surface area contributed by atoms with Gasteiger partial charge in [-0.25, -0.2) is 0 Å². The molecule has 1 N–H and O–H groups in total. The van der Waals surface area contributed by atoms with Crippen molar-refractivity contribution in [2.75, 3.05) is 20.1 Å². The molecule has 0 aromatic heterocycles. The van der Waals surface area contributed by atoms with E-state index in [0.717, 1.165) is 28.7 Å². The van der Waals surface area contributed by atoms with Gasteiger partial charge in [-0.2, -0.15) is 0 Å². The van der Waals surface area contributed by atoms with Gasteiger partial charge in [0.25, 0.3) is 0 Å². The first-order valence-corrected chi connectivity index (χ1v) is 7.59. The van der Waals surface area contributed by atoms with Gasteiger partial charge in [0, 0.05) is 35.2 Å². The van der Waals surface area contributed by atoms with Crippen LogP contribution in [0.4, 0.5) is 0 Å². The van der Waals surface area contributed by atoms with E-state index < -0.39 is 0 Å². The fraction of sp³-hybridized carbons (Fsp3) is 0.600. The van der Waals surface area contributed by atoms with E-state index in [-0.39, 0.29) is 6.04 Å². The third kappa shape index (κ3) is 5.31. The largest absolute Gasteiger partial charge is 0.309 e.